The maximum atomic E-state index is 12.7. The number of aliphatic carboxylic acids is 2. The number of hydrogen-bond donors (Lipinski definition) is 6. The number of carboxylic acid groups (broad SMARTS) is 2. The van der Waals surface area contributed by atoms with Gasteiger partial charge in [0, 0.05) is 0 Å². The van der Waals surface area contributed by atoms with Crippen LogP contribution in [0.1, 0.15) is 30.9 Å². The SMILES string of the molecule is CCCCOC(=O)C(N)C(NNC(C(=O)O)C(N)C(=O)O)C(=O)OCc1ccccc1C. The van der Waals surface area contributed by atoms with E-state index in [0.717, 1.165) is 12.0 Å². The van der Waals surface area contributed by atoms with E-state index in [4.69, 9.17) is 26.0 Å². The van der Waals surface area contributed by atoms with Crippen LogP contribution in [0.3, 0.4) is 0 Å². The van der Waals surface area contributed by atoms with Crippen molar-refractivity contribution in [2.75, 3.05) is 6.61 Å². The molecule has 1 aromatic rings. The standard InChI is InChI=1S/C20H30N4O8/c1-3-4-9-31-19(29)14(22)16(24-23-15(18(27)28)13(21)17(25)26)20(30)32-10-12-8-6-5-7-11(12)2/h5-8,13-16,23-24H,3-4,9-10,21-22H2,1-2H3,(H,25,26)(H,27,28). The van der Waals surface area contributed by atoms with Crippen LogP contribution < -0.4 is 22.3 Å². The Morgan fingerprint density at radius 1 is 0.938 bits per heavy atom. The largest absolute Gasteiger partial charge is 0.480 e. The third-order valence-corrected chi connectivity index (χ3v) is 4.56. The average Bonchev–Trinajstić information content (AvgIpc) is 2.75. The second-order valence-corrected chi connectivity index (χ2v) is 7.03. The lowest BCUT2D eigenvalue weighted by atomic mass is 10.1. The van der Waals surface area contributed by atoms with E-state index in [1.165, 1.54) is 0 Å². The summed E-state index contributed by atoms with van der Waals surface area (Å²) in [5, 5.41) is 18.2. The van der Waals surface area contributed by atoms with E-state index in [2.05, 4.69) is 10.9 Å². The highest BCUT2D eigenvalue weighted by Crippen LogP contribution is 2.10. The molecule has 8 N–H and O–H groups in total. The summed E-state index contributed by atoms with van der Waals surface area (Å²) in [5.41, 5.74) is 17.2. The zero-order valence-corrected chi connectivity index (χ0v) is 17.9. The van der Waals surface area contributed by atoms with Gasteiger partial charge in [-0.2, -0.15) is 0 Å². The third-order valence-electron chi connectivity index (χ3n) is 4.56. The smallest absolute Gasteiger partial charge is 0.327 e. The van der Waals surface area contributed by atoms with Gasteiger partial charge in [0.05, 0.1) is 6.61 Å². The minimum atomic E-state index is -1.85. The lowest BCUT2D eigenvalue weighted by Gasteiger charge is -2.26. The number of carboxylic acids is 2. The number of carbonyl (C=O) groups excluding carboxylic acids is 2. The van der Waals surface area contributed by atoms with E-state index < -0.39 is 48.0 Å². The van der Waals surface area contributed by atoms with E-state index in [1.807, 2.05) is 26.0 Å². The number of rotatable bonds is 14. The van der Waals surface area contributed by atoms with Crippen LogP contribution in [0.25, 0.3) is 0 Å². The summed E-state index contributed by atoms with van der Waals surface area (Å²) in [4.78, 5) is 47.4. The van der Waals surface area contributed by atoms with E-state index in [9.17, 15) is 24.3 Å². The molecule has 0 radical (unpaired) electrons. The van der Waals surface area contributed by atoms with Crippen molar-refractivity contribution in [1.82, 2.24) is 10.9 Å². The van der Waals surface area contributed by atoms with Crippen LogP contribution in [0, 0.1) is 6.92 Å². The van der Waals surface area contributed by atoms with Crippen molar-refractivity contribution in [2.24, 2.45) is 11.5 Å². The normalized spacial score (nSPS) is 14.6. The van der Waals surface area contributed by atoms with Gasteiger partial charge in [0.25, 0.3) is 0 Å². The zero-order chi connectivity index (χ0) is 24.3. The summed E-state index contributed by atoms with van der Waals surface area (Å²) in [6.45, 7) is 3.67. The number of carbonyl (C=O) groups is 4. The molecule has 0 heterocycles. The van der Waals surface area contributed by atoms with Gasteiger partial charge in [0.2, 0.25) is 0 Å². The summed E-state index contributed by atoms with van der Waals surface area (Å²) in [6.07, 6.45) is 1.35. The molecule has 178 valence electrons. The summed E-state index contributed by atoms with van der Waals surface area (Å²) in [6, 6.07) is 0.301. The Morgan fingerprint density at radius 3 is 2.12 bits per heavy atom. The van der Waals surface area contributed by atoms with Gasteiger partial charge in [0.1, 0.15) is 30.8 Å². The number of nitrogens with one attached hydrogen (secondary N) is 2. The first-order valence-corrected chi connectivity index (χ1v) is 9.95. The Hall–Kier alpha value is -3.06. The summed E-state index contributed by atoms with van der Waals surface area (Å²) < 4.78 is 10.3. The highest BCUT2D eigenvalue weighted by atomic mass is 16.5. The number of nitrogens with two attached hydrogens (primary N) is 2. The van der Waals surface area contributed by atoms with Crippen molar-refractivity contribution in [3.8, 4) is 0 Å². The van der Waals surface area contributed by atoms with Crippen LogP contribution in [0.2, 0.25) is 0 Å². The predicted molar refractivity (Wildman–Crippen MR) is 112 cm³/mol. The Morgan fingerprint density at radius 2 is 1.56 bits per heavy atom. The maximum Gasteiger partial charge on any atom is 0.327 e. The number of benzene rings is 1. The maximum absolute atomic E-state index is 12.7. The number of ether oxygens (including phenoxy) is 2. The van der Waals surface area contributed by atoms with Crippen LogP contribution in [0.15, 0.2) is 24.3 Å². The highest BCUT2D eigenvalue weighted by molar-refractivity contribution is 5.87. The first-order chi connectivity index (χ1) is 15.1. The molecule has 0 aliphatic carbocycles. The van der Waals surface area contributed by atoms with Crippen molar-refractivity contribution in [2.45, 2.75) is 57.5 Å². The van der Waals surface area contributed by atoms with Gasteiger partial charge in [-0.05, 0) is 24.5 Å². The lowest BCUT2D eigenvalue weighted by molar-refractivity contribution is -0.156. The van der Waals surface area contributed by atoms with Crippen molar-refractivity contribution in [1.29, 1.82) is 0 Å². The number of hydrogen-bond acceptors (Lipinski definition) is 10. The molecule has 32 heavy (non-hydrogen) atoms. The molecule has 0 bridgehead atoms. The molecule has 0 saturated carbocycles. The second-order valence-electron chi connectivity index (χ2n) is 7.03. The van der Waals surface area contributed by atoms with Gasteiger partial charge in [-0.15, -0.1) is 0 Å². The highest BCUT2D eigenvalue weighted by Gasteiger charge is 2.37. The van der Waals surface area contributed by atoms with E-state index in [-0.39, 0.29) is 13.2 Å². The fraction of sp³-hybridized carbons (Fsp3) is 0.500. The minimum Gasteiger partial charge on any atom is -0.480 e. The van der Waals surface area contributed by atoms with Crippen molar-refractivity contribution >= 4 is 23.9 Å². The van der Waals surface area contributed by atoms with Gasteiger partial charge in [-0.3, -0.25) is 19.2 Å². The Bertz CT molecular complexity index is 804. The molecule has 0 saturated heterocycles. The quantitative estimate of drug-likeness (QED) is 0.114. The van der Waals surface area contributed by atoms with Crippen molar-refractivity contribution < 1.29 is 38.9 Å². The molecule has 0 fully saturated rings. The minimum absolute atomic E-state index is 0.0864. The molecular formula is C20H30N4O8. The van der Waals surface area contributed by atoms with Crippen LogP contribution in [0.4, 0.5) is 0 Å². The molecule has 0 spiro atoms. The summed E-state index contributed by atoms with van der Waals surface area (Å²) in [7, 11) is 0. The molecule has 12 nitrogen and oxygen atoms in total. The predicted octanol–water partition coefficient (Wildman–Crippen LogP) is -0.963. The first kappa shape index (κ1) is 27.0. The molecule has 1 aromatic carbocycles. The topological polar surface area (TPSA) is 203 Å². The van der Waals surface area contributed by atoms with Gasteiger partial charge < -0.3 is 31.2 Å². The number of unbranched alkanes of at least 4 members (excludes halogenated alkanes) is 1. The van der Waals surface area contributed by atoms with Gasteiger partial charge in [-0.1, -0.05) is 37.6 Å². The Kier molecular flexibility index (Phi) is 11.3. The molecule has 4 atom stereocenters. The summed E-state index contributed by atoms with van der Waals surface area (Å²) in [5.74, 6) is -5.08. The summed E-state index contributed by atoms with van der Waals surface area (Å²) >= 11 is 0. The second kappa shape index (κ2) is 13.4. The Labute approximate surface area is 185 Å². The fourth-order valence-corrected chi connectivity index (χ4v) is 2.48. The molecule has 0 aliphatic heterocycles. The molecule has 0 aromatic heterocycles. The van der Waals surface area contributed by atoms with Gasteiger partial charge in [-0.25, -0.2) is 10.9 Å². The van der Waals surface area contributed by atoms with Gasteiger partial charge in [0.15, 0.2) is 0 Å². The van der Waals surface area contributed by atoms with E-state index >= 15 is 0 Å². The van der Waals surface area contributed by atoms with Crippen molar-refractivity contribution in [3.05, 3.63) is 35.4 Å². The van der Waals surface area contributed by atoms with Crippen LogP contribution in [-0.2, 0) is 35.3 Å². The van der Waals surface area contributed by atoms with Crippen LogP contribution in [-0.4, -0.2) is 64.9 Å². The lowest BCUT2D eigenvalue weighted by Crippen LogP contribution is -2.65. The molecule has 0 amide bonds. The number of aryl methyl sites for hydroxylation is 1. The van der Waals surface area contributed by atoms with E-state index in [1.54, 1.807) is 12.1 Å². The molecule has 1 rings (SSSR count). The molecule has 12 heteroatoms. The Balaban J connectivity index is 2.96. The first-order valence-electron chi connectivity index (χ1n) is 9.95. The number of esters is 2. The molecule has 4 unspecified atom stereocenters. The third kappa shape index (κ3) is 8.23. The van der Waals surface area contributed by atoms with Gasteiger partial charge >= 0.3 is 23.9 Å². The van der Waals surface area contributed by atoms with Crippen molar-refractivity contribution in [3.63, 3.8) is 0 Å². The molecular weight excluding hydrogens is 424 g/mol. The fourth-order valence-electron chi connectivity index (χ4n) is 2.48. The van der Waals surface area contributed by atoms with Crippen LogP contribution in [0.5, 0.6) is 0 Å². The average molecular weight is 454 g/mol. The monoisotopic (exact) mass is 454 g/mol. The van der Waals surface area contributed by atoms with Crippen LogP contribution >= 0.6 is 0 Å². The van der Waals surface area contributed by atoms with E-state index in [0.29, 0.717) is 12.0 Å². The zero-order valence-electron chi connectivity index (χ0n) is 17.9. The molecule has 0 aliphatic rings. The number of hydrazine groups is 1.